The van der Waals surface area contributed by atoms with E-state index in [-0.39, 0.29) is 0 Å². The van der Waals surface area contributed by atoms with Gasteiger partial charge in [-0.1, -0.05) is 0 Å². The van der Waals surface area contributed by atoms with Crippen molar-refractivity contribution in [1.29, 1.82) is 0 Å². The molecule has 0 spiro atoms. The summed E-state index contributed by atoms with van der Waals surface area (Å²) in [5.74, 6) is 2.22. The molecule has 0 amide bonds. The number of aromatic nitrogens is 4. The van der Waals surface area contributed by atoms with Crippen LogP contribution in [0.3, 0.4) is 0 Å². The molecule has 3 aromatic heterocycles. The van der Waals surface area contributed by atoms with E-state index in [9.17, 15) is 0 Å². The van der Waals surface area contributed by atoms with Gasteiger partial charge in [-0.25, -0.2) is 9.50 Å². The minimum absolute atomic E-state index is 0.668. The Kier molecular flexibility index (Phi) is 4.57. The van der Waals surface area contributed by atoms with E-state index in [1.807, 2.05) is 42.6 Å². The minimum atomic E-state index is 0.668. The molecule has 0 radical (unpaired) electrons. The Bertz CT molecular complexity index is 1060. The number of pyridine rings is 1. The molecule has 0 bridgehead atoms. The normalized spacial score (nSPS) is 10.7. The number of hydrogen-bond donors (Lipinski definition) is 1. The van der Waals surface area contributed by atoms with Crippen LogP contribution in [0.1, 0.15) is 5.56 Å². The fourth-order valence-corrected chi connectivity index (χ4v) is 2.87. The molecule has 4 rings (SSSR count). The number of methoxy groups -OCH3 is 2. The van der Waals surface area contributed by atoms with Crippen LogP contribution in [0.2, 0.25) is 0 Å². The Labute approximate surface area is 156 Å². The first kappa shape index (κ1) is 16.8. The number of hydrogen-bond acceptors (Lipinski definition) is 6. The highest BCUT2D eigenvalue weighted by Gasteiger charge is 2.14. The van der Waals surface area contributed by atoms with Crippen LogP contribution in [0.4, 0.5) is 5.82 Å². The quantitative estimate of drug-likeness (QED) is 0.567. The number of nitrogens with zero attached hydrogens (tertiary/aromatic N) is 4. The molecule has 0 aliphatic heterocycles. The number of benzene rings is 1. The highest BCUT2D eigenvalue weighted by atomic mass is 16.5. The van der Waals surface area contributed by atoms with E-state index in [1.54, 1.807) is 37.3 Å². The van der Waals surface area contributed by atoms with Crippen molar-refractivity contribution in [2.75, 3.05) is 19.5 Å². The van der Waals surface area contributed by atoms with Gasteiger partial charge in [0.15, 0.2) is 5.65 Å². The molecule has 0 atom stereocenters. The van der Waals surface area contributed by atoms with Crippen molar-refractivity contribution in [2.45, 2.75) is 6.54 Å². The average Bonchev–Trinajstić information content (AvgIpc) is 3.15. The largest absolute Gasteiger partial charge is 0.497 e. The Morgan fingerprint density at radius 3 is 2.63 bits per heavy atom. The lowest BCUT2D eigenvalue weighted by atomic mass is 10.1. The van der Waals surface area contributed by atoms with Crippen molar-refractivity contribution in [1.82, 2.24) is 19.6 Å². The molecule has 0 saturated carbocycles. The molecule has 4 aromatic rings. The average molecular weight is 361 g/mol. The van der Waals surface area contributed by atoms with Crippen LogP contribution >= 0.6 is 0 Å². The maximum Gasteiger partial charge on any atom is 0.165 e. The first-order valence-electron chi connectivity index (χ1n) is 8.48. The summed E-state index contributed by atoms with van der Waals surface area (Å²) in [6.45, 7) is 0.668. The zero-order valence-electron chi connectivity index (χ0n) is 15.1. The molecule has 1 aromatic carbocycles. The topological polar surface area (TPSA) is 73.6 Å². The molecular weight excluding hydrogens is 342 g/mol. The maximum atomic E-state index is 5.53. The highest BCUT2D eigenvalue weighted by Crippen LogP contribution is 2.35. The number of ether oxygens (including phenoxy) is 2. The second-order valence-corrected chi connectivity index (χ2v) is 5.91. The SMILES string of the molecule is COc1ccc(-c2cnn3ccc(NCc4ccncc4)nc23)c(OC)c1. The van der Waals surface area contributed by atoms with Gasteiger partial charge in [0.2, 0.25) is 0 Å². The summed E-state index contributed by atoms with van der Waals surface area (Å²) in [6, 6.07) is 11.5. The van der Waals surface area contributed by atoms with Gasteiger partial charge in [0, 0.05) is 36.8 Å². The maximum absolute atomic E-state index is 5.53. The zero-order valence-corrected chi connectivity index (χ0v) is 15.1. The molecule has 0 aliphatic rings. The molecule has 0 unspecified atom stereocenters. The molecule has 7 heteroatoms. The van der Waals surface area contributed by atoms with Gasteiger partial charge in [-0.2, -0.15) is 5.10 Å². The van der Waals surface area contributed by atoms with E-state index in [0.717, 1.165) is 33.9 Å². The summed E-state index contributed by atoms with van der Waals surface area (Å²) < 4.78 is 12.6. The summed E-state index contributed by atoms with van der Waals surface area (Å²) in [7, 11) is 3.27. The lowest BCUT2D eigenvalue weighted by Gasteiger charge is -2.10. The second kappa shape index (κ2) is 7.33. The fourth-order valence-electron chi connectivity index (χ4n) is 2.87. The third kappa shape index (κ3) is 3.39. The smallest absolute Gasteiger partial charge is 0.165 e. The molecule has 0 aliphatic carbocycles. The van der Waals surface area contributed by atoms with Gasteiger partial charge in [-0.3, -0.25) is 4.98 Å². The van der Waals surface area contributed by atoms with E-state index in [4.69, 9.17) is 14.5 Å². The summed E-state index contributed by atoms with van der Waals surface area (Å²) in [4.78, 5) is 8.76. The predicted molar refractivity (Wildman–Crippen MR) is 103 cm³/mol. The van der Waals surface area contributed by atoms with Crippen LogP contribution in [0, 0.1) is 0 Å². The molecule has 136 valence electrons. The van der Waals surface area contributed by atoms with Crippen LogP contribution in [0.15, 0.2) is 61.2 Å². The summed E-state index contributed by atoms with van der Waals surface area (Å²) in [6.07, 6.45) is 7.23. The van der Waals surface area contributed by atoms with Crippen molar-refractivity contribution in [3.63, 3.8) is 0 Å². The number of fused-ring (bicyclic) bond motifs is 1. The van der Waals surface area contributed by atoms with Gasteiger partial charge in [-0.15, -0.1) is 0 Å². The predicted octanol–water partition coefficient (Wildman–Crippen LogP) is 3.42. The number of rotatable bonds is 6. The van der Waals surface area contributed by atoms with Crippen LogP contribution in [-0.4, -0.2) is 33.8 Å². The number of anilines is 1. The van der Waals surface area contributed by atoms with Crippen molar-refractivity contribution < 1.29 is 9.47 Å². The summed E-state index contributed by atoms with van der Waals surface area (Å²) >= 11 is 0. The third-order valence-corrected chi connectivity index (χ3v) is 4.29. The lowest BCUT2D eigenvalue weighted by molar-refractivity contribution is 0.395. The molecule has 3 heterocycles. The third-order valence-electron chi connectivity index (χ3n) is 4.29. The van der Waals surface area contributed by atoms with Gasteiger partial charge in [0.1, 0.15) is 17.3 Å². The van der Waals surface area contributed by atoms with Gasteiger partial charge in [0.25, 0.3) is 0 Å². The standard InChI is InChI=1S/C20H19N5O2/c1-26-15-3-4-16(18(11-15)27-2)17-13-23-25-10-7-19(24-20(17)25)22-12-14-5-8-21-9-6-14/h3-11,13H,12H2,1-2H3,(H,22,24). The molecule has 0 fully saturated rings. The number of nitrogens with one attached hydrogen (secondary N) is 1. The Balaban J connectivity index is 1.68. The second-order valence-electron chi connectivity index (χ2n) is 5.91. The van der Waals surface area contributed by atoms with Gasteiger partial charge in [-0.05, 0) is 35.9 Å². The van der Waals surface area contributed by atoms with Gasteiger partial charge in [0.05, 0.1) is 26.0 Å². The molecule has 27 heavy (non-hydrogen) atoms. The van der Waals surface area contributed by atoms with Crippen LogP contribution in [-0.2, 0) is 6.54 Å². The summed E-state index contributed by atoms with van der Waals surface area (Å²) in [5, 5.41) is 7.74. The molecule has 1 N–H and O–H groups in total. The minimum Gasteiger partial charge on any atom is -0.497 e. The monoisotopic (exact) mass is 361 g/mol. The van der Waals surface area contributed by atoms with Gasteiger partial charge < -0.3 is 14.8 Å². The lowest BCUT2D eigenvalue weighted by Crippen LogP contribution is -2.03. The van der Waals surface area contributed by atoms with Gasteiger partial charge >= 0.3 is 0 Å². The Hall–Kier alpha value is -3.61. The van der Waals surface area contributed by atoms with Crippen molar-refractivity contribution in [3.8, 4) is 22.6 Å². The van der Waals surface area contributed by atoms with E-state index >= 15 is 0 Å². The van der Waals surface area contributed by atoms with Crippen LogP contribution < -0.4 is 14.8 Å². The summed E-state index contributed by atoms with van der Waals surface area (Å²) in [5.41, 5.74) is 3.68. The molecular formula is C20H19N5O2. The Morgan fingerprint density at radius 1 is 1.00 bits per heavy atom. The van der Waals surface area contributed by atoms with Crippen LogP contribution in [0.25, 0.3) is 16.8 Å². The van der Waals surface area contributed by atoms with E-state index in [0.29, 0.717) is 12.3 Å². The zero-order chi connectivity index (χ0) is 18.6. The van der Waals surface area contributed by atoms with Crippen molar-refractivity contribution >= 4 is 11.5 Å². The van der Waals surface area contributed by atoms with E-state index in [2.05, 4.69) is 15.4 Å². The highest BCUT2D eigenvalue weighted by molar-refractivity contribution is 5.82. The van der Waals surface area contributed by atoms with Crippen molar-refractivity contribution in [3.05, 3.63) is 66.7 Å². The Morgan fingerprint density at radius 2 is 1.85 bits per heavy atom. The van der Waals surface area contributed by atoms with E-state index < -0.39 is 0 Å². The van der Waals surface area contributed by atoms with Crippen molar-refractivity contribution in [2.24, 2.45) is 0 Å². The fraction of sp³-hybridized carbons (Fsp3) is 0.150. The molecule has 7 nitrogen and oxygen atoms in total. The first-order valence-corrected chi connectivity index (χ1v) is 8.48. The van der Waals surface area contributed by atoms with Crippen LogP contribution in [0.5, 0.6) is 11.5 Å². The first-order chi connectivity index (χ1) is 13.3. The molecule has 0 saturated heterocycles. The van der Waals surface area contributed by atoms with E-state index in [1.165, 1.54) is 0 Å².